The largest absolute Gasteiger partial charge is 0.408 e. The standard InChI is InChI=1S/C15H18N2O2/c1-11-12(2)16-17(15(11)19-13(3)18)10-9-14-7-5-4-6-8-14/h4-8H,9-10H2,1-3H3. The average molecular weight is 258 g/mol. The molecule has 0 saturated carbocycles. The minimum atomic E-state index is -0.316. The van der Waals surface area contributed by atoms with Crippen LogP contribution in [0, 0.1) is 13.8 Å². The molecule has 2 rings (SSSR count). The highest BCUT2D eigenvalue weighted by Crippen LogP contribution is 2.21. The molecule has 0 radical (unpaired) electrons. The number of carbonyl (C=O) groups excluding carboxylic acids is 1. The molecule has 0 aliphatic rings. The average Bonchev–Trinajstić information content (AvgIpc) is 2.65. The maximum atomic E-state index is 11.1. The second-order valence-corrected chi connectivity index (χ2v) is 4.57. The molecule has 19 heavy (non-hydrogen) atoms. The first-order chi connectivity index (χ1) is 9.08. The Morgan fingerprint density at radius 1 is 1.26 bits per heavy atom. The van der Waals surface area contributed by atoms with E-state index in [1.54, 1.807) is 4.68 Å². The van der Waals surface area contributed by atoms with Gasteiger partial charge in [-0.25, -0.2) is 4.68 Å². The van der Waals surface area contributed by atoms with E-state index in [2.05, 4.69) is 17.2 Å². The normalized spacial score (nSPS) is 10.5. The summed E-state index contributed by atoms with van der Waals surface area (Å²) in [7, 11) is 0. The van der Waals surface area contributed by atoms with Crippen molar-refractivity contribution in [1.29, 1.82) is 0 Å². The van der Waals surface area contributed by atoms with Crippen LogP contribution >= 0.6 is 0 Å². The molecule has 0 unspecified atom stereocenters. The van der Waals surface area contributed by atoms with Crippen LogP contribution in [0.3, 0.4) is 0 Å². The molecule has 0 N–H and O–H groups in total. The van der Waals surface area contributed by atoms with Crippen LogP contribution < -0.4 is 4.74 Å². The third kappa shape index (κ3) is 3.22. The molecule has 4 heteroatoms. The van der Waals surface area contributed by atoms with Crippen molar-refractivity contribution in [2.45, 2.75) is 33.7 Å². The highest BCUT2D eigenvalue weighted by molar-refractivity contribution is 5.69. The Balaban J connectivity index is 2.16. The summed E-state index contributed by atoms with van der Waals surface area (Å²) in [6.07, 6.45) is 0.857. The first kappa shape index (κ1) is 13.3. The first-order valence-corrected chi connectivity index (χ1v) is 6.34. The summed E-state index contributed by atoms with van der Waals surface area (Å²) < 4.78 is 7.01. The van der Waals surface area contributed by atoms with Crippen molar-refractivity contribution >= 4 is 5.97 Å². The van der Waals surface area contributed by atoms with Crippen molar-refractivity contribution in [2.75, 3.05) is 0 Å². The maximum absolute atomic E-state index is 11.1. The third-order valence-electron chi connectivity index (χ3n) is 3.06. The Kier molecular flexibility index (Phi) is 4.00. The van der Waals surface area contributed by atoms with Crippen LogP contribution in [0.1, 0.15) is 23.7 Å². The molecule has 2 aromatic rings. The predicted molar refractivity (Wildman–Crippen MR) is 73.2 cm³/mol. The summed E-state index contributed by atoms with van der Waals surface area (Å²) in [5.74, 6) is 0.241. The fraction of sp³-hybridized carbons (Fsp3) is 0.333. The Morgan fingerprint density at radius 3 is 2.58 bits per heavy atom. The Bertz CT molecular complexity index is 573. The van der Waals surface area contributed by atoms with Gasteiger partial charge in [-0.15, -0.1) is 0 Å². The zero-order chi connectivity index (χ0) is 13.8. The summed E-state index contributed by atoms with van der Waals surface area (Å²) in [5, 5.41) is 4.42. The van der Waals surface area contributed by atoms with Gasteiger partial charge in [-0.2, -0.15) is 5.10 Å². The van der Waals surface area contributed by atoms with Gasteiger partial charge in [0.1, 0.15) is 0 Å². The molecule has 0 aliphatic heterocycles. The molecule has 0 bridgehead atoms. The number of ether oxygens (including phenoxy) is 1. The van der Waals surface area contributed by atoms with Crippen LogP contribution in [0.2, 0.25) is 0 Å². The third-order valence-corrected chi connectivity index (χ3v) is 3.06. The van der Waals surface area contributed by atoms with Gasteiger partial charge in [0.15, 0.2) is 0 Å². The van der Waals surface area contributed by atoms with E-state index >= 15 is 0 Å². The molecule has 0 atom stereocenters. The van der Waals surface area contributed by atoms with Crippen molar-refractivity contribution in [3.05, 3.63) is 47.2 Å². The summed E-state index contributed by atoms with van der Waals surface area (Å²) in [4.78, 5) is 11.1. The van der Waals surface area contributed by atoms with Crippen molar-refractivity contribution in [3.8, 4) is 5.88 Å². The molecule has 1 aromatic heterocycles. The van der Waals surface area contributed by atoms with Crippen molar-refractivity contribution in [3.63, 3.8) is 0 Å². The van der Waals surface area contributed by atoms with Crippen molar-refractivity contribution in [1.82, 2.24) is 9.78 Å². The SMILES string of the molecule is CC(=O)Oc1c(C)c(C)nn1CCc1ccccc1. The summed E-state index contributed by atoms with van der Waals surface area (Å²) in [6.45, 7) is 5.94. The highest BCUT2D eigenvalue weighted by Gasteiger charge is 2.14. The van der Waals surface area contributed by atoms with E-state index in [4.69, 9.17) is 4.74 Å². The highest BCUT2D eigenvalue weighted by atomic mass is 16.5. The van der Waals surface area contributed by atoms with Gasteiger partial charge in [-0.1, -0.05) is 30.3 Å². The van der Waals surface area contributed by atoms with E-state index in [1.165, 1.54) is 12.5 Å². The van der Waals surface area contributed by atoms with Crippen LogP contribution in [-0.4, -0.2) is 15.7 Å². The number of nitrogens with zero attached hydrogens (tertiary/aromatic N) is 2. The molecule has 1 aromatic carbocycles. The fourth-order valence-electron chi connectivity index (χ4n) is 1.95. The summed E-state index contributed by atoms with van der Waals surface area (Å²) >= 11 is 0. The predicted octanol–water partition coefficient (Wildman–Crippen LogP) is 2.67. The second kappa shape index (κ2) is 5.69. The van der Waals surface area contributed by atoms with Crippen molar-refractivity contribution < 1.29 is 9.53 Å². The van der Waals surface area contributed by atoms with Crippen LogP contribution in [0.5, 0.6) is 5.88 Å². The topological polar surface area (TPSA) is 44.1 Å². The van der Waals surface area contributed by atoms with Gasteiger partial charge in [-0.3, -0.25) is 4.79 Å². The van der Waals surface area contributed by atoms with Gasteiger partial charge in [0.2, 0.25) is 5.88 Å². The van der Waals surface area contributed by atoms with Crippen LogP contribution in [-0.2, 0) is 17.8 Å². The van der Waals surface area contributed by atoms with Crippen molar-refractivity contribution in [2.24, 2.45) is 0 Å². The Morgan fingerprint density at radius 2 is 1.95 bits per heavy atom. The minimum absolute atomic E-state index is 0.316. The Hall–Kier alpha value is -2.10. The lowest BCUT2D eigenvalue weighted by Gasteiger charge is -2.07. The second-order valence-electron chi connectivity index (χ2n) is 4.57. The summed E-state index contributed by atoms with van der Waals surface area (Å²) in [5.41, 5.74) is 3.05. The van der Waals surface area contributed by atoms with Gasteiger partial charge in [0, 0.05) is 19.0 Å². The van der Waals surface area contributed by atoms with Gasteiger partial charge < -0.3 is 4.74 Å². The minimum Gasteiger partial charge on any atom is -0.408 e. The van der Waals surface area contributed by atoms with E-state index in [-0.39, 0.29) is 5.97 Å². The van der Waals surface area contributed by atoms with E-state index in [0.29, 0.717) is 12.4 Å². The van der Waals surface area contributed by atoms with E-state index in [0.717, 1.165) is 17.7 Å². The van der Waals surface area contributed by atoms with Crippen LogP contribution in [0.25, 0.3) is 0 Å². The molecule has 4 nitrogen and oxygen atoms in total. The zero-order valence-corrected chi connectivity index (χ0v) is 11.5. The zero-order valence-electron chi connectivity index (χ0n) is 11.5. The number of aryl methyl sites for hydroxylation is 3. The number of aromatic nitrogens is 2. The molecular formula is C15H18N2O2. The summed E-state index contributed by atoms with van der Waals surface area (Å²) in [6, 6.07) is 10.2. The Labute approximate surface area is 113 Å². The molecule has 0 aliphatic carbocycles. The molecule has 0 spiro atoms. The van der Waals surface area contributed by atoms with E-state index < -0.39 is 0 Å². The number of rotatable bonds is 4. The van der Waals surface area contributed by atoms with Crippen LogP contribution in [0.15, 0.2) is 30.3 Å². The maximum Gasteiger partial charge on any atom is 0.309 e. The molecule has 0 amide bonds. The lowest BCUT2D eigenvalue weighted by molar-refractivity contribution is -0.132. The fourth-order valence-corrected chi connectivity index (χ4v) is 1.95. The van der Waals surface area contributed by atoms with E-state index in [9.17, 15) is 4.79 Å². The number of benzene rings is 1. The van der Waals surface area contributed by atoms with Crippen LogP contribution in [0.4, 0.5) is 0 Å². The van der Waals surface area contributed by atoms with Gasteiger partial charge in [0.25, 0.3) is 0 Å². The lowest BCUT2D eigenvalue weighted by Crippen LogP contribution is -2.10. The molecule has 0 saturated heterocycles. The number of hydrogen-bond acceptors (Lipinski definition) is 3. The smallest absolute Gasteiger partial charge is 0.309 e. The monoisotopic (exact) mass is 258 g/mol. The quantitative estimate of drug-likeness (QED) is 0.792. The number of esters is 1. The lowest BCUT2D eigenvalue weighted by atomic mass is 10.1. The van der Waals surface area contributed by atoms with Gasteiger partial charge in [0.05, 0.1) is 5.69 Å². The van der Waals surface area contributed by atoms with Gasteiger partial charge >= 0.3 is 5.97 Å². The molecule has 100 valence electrons. The molecule has 1 heterocycles. The number of carbonyl (C=O) groups is 1. The first-order valence-electron chi connectivity index (χ1n) is 6.34. The van der Waals surface area contributed by atoms with Gasteiger partial charge in [-0.05, 0) is 25.8 Å². The molecule has 0 fully saturated rings. The molecular weight excluding hydrogens is 240 g/mol. The van der Waals surface area contributed by atoms with E-state index in [1.807, 2.05) is 32.0 Å². The number of hydrogen-bond donors (Lipinski definition) is 0.